The van der Waals surface area contributed by atoms with Gasteiger partial charge < -0.3 is 11.1 Å². The van der Waals surface area contributed by atoms with Crippen LogP contribution in [0.4, 0.5) is 11.5 Å². The van der Waals surface area contributed by atoms with Gasteiger partial charge in [0.05, 0.1) is 11.4 Å². The minimum Gasteiger partial charge on any atom is -0.394 e. The Morgan fingerprint density at radius 1 is 1.33 bits per heavy atom. The van der Waals surface area contributed by atoms with Crippen molar-refractivity contribution in [1.82, 2.24) is 9.78 Å². The Kier molecular flexibility index (Phi) is 3.30. The summed E-state index contributed by atoms with van der Waals surface area (Å²) in [6.07, 6.45) is 2.65. The Hall–Kier alpha value is -1.19. The lowest BCUT2D eigenvalue weighted by Gasteiger charge is -2.21. The van der Waals surface area contributed by atoms with Gasteiger partial charge in [-0.05, 0) is 30.1 Å². The zero-order valence-electron chi connectivity index (χ0n) is 12.2. The molecule has 1 fully saturated rings. The van der Waals surface area contributed by atoms with E-state index in [9.17, 15) is 0 Å². The van der Waals surface area contributed by atoms with Gasteiger partial charge in [-0.25, -0.2) is 0 Å². The molecule has 0 amide bonds. The smallest absolute Gasteiger partial charge is 0.147 e. The zero-order chi connectivity index (χ0) is 13.5. The van der Waals surface area contributed by atoms with Crippen molar-refractivity contribution in [2.45, 2.75) is 46.5 Å². The fourth-order valence-corrected chi connectivity index (χ4v) is 2.58. The van der Waals surface area contributed by atoms with E-state index in [0.717, 1.165) is 29.7 Å². The van der Waals surface area contributed by atoms with Gasteiger partial charge in [0.15, 0.2) is 0 Å². The van der Waals surface area contributed by atoms with Gasteiger partial charge in [0.25, 0.3) is 0 Å². The molecule has 1 aromatic heterocycles. The lowest BCUT2D eigenvalue weighted by Crippen LogP contribution is -2.22. The van der Waals surface area contributed by atoms with Gasteiger partial charge in [-0.3, -0.25) is 4.68 Å². The highest BCUT2D eigenvalue weighted by Gasteiger charge is 2.45. The van der Waals surface area contributed by atoms with Crippen molar-refractivity contribution in [3.8, 4) is 0 Å². The topological polar surface area (TPSA) is 55.9 Å². The summed E-state index contributed by atoms with van der Waals surface area (Å²) >= 11 is 0. The summed E-state index contributed by atoms with van der Waals surface area (Å²) < 4.78 is 1.88. The average Bonchev–Trinajstić information content (AvgIpc) is 3.01. The van der Waals surface area contributed by atoms with E-state index >= 15 is 0 Å². The first kappa shape index (κ1) is 13.2. The third-order valence-electron chi connectivity index (χ3n) is 4.38. The molecule has 1 aliphatic rings. The van der Waals surface area contributed by atoms with Crippen LogP contribution in [0.15, 0.2) is 0 Å². The lowest BCUT2D eigenvalue weighted by molar-refractivity contribution is 0.379. The van der Waals surface area contributed by atoms with Crippen LogP contribution in [0.2, 0.25) is 0 Å². The standard InChI is InChI=1S/C14H26N4/c1-9(2)12-11(15)13(18(5)17-12)16-8-14(6-7-14)10(3)4/h9-10,16H,6-8,15H2,1-5H3. The summed E-state index contributed by atoms with van der Waals surface area (Å²) in [6, 6.07) is 0. The number of nitrogens with zero attached hydrogens (tertiary/aromatic N) is 2. The van der Waals surface area contributed by atoms with E-state index in [1.54, 1.807) is 0 Å². The molecule has 2 rings (SSSR count). The molecule has 0 spiro atoms. The summed E-state index contributed by atoms with van der Waals surface area (Å²) in [5.41, 5.74) is 8.47. The van der Waals surface area contributed by atoms with Crippen LogP contribution in [0.3, 0.4) is 0 Å². The molecule has 0 aromatic carbocycles. The van der Waals surface area contributed by atoms with Crippen LogP contribution in [0.5, 0.6) is 0 Å². The van der Waals surface area contributed by atoms with E-state index in [2.05, 4.69) is 38.1 Å². The van der Waals surface area contributed by atoms with Crippen molar-refractivity contribution in [2.75, 3.05) is 17.6 Å². The van der Waals surface area contributed by atoms with E-state index in [1.165, 1.54) is 12.8 Å². The van der Waals surface area contributed by atoms with Gasteiger partial charge in [0.1, 0.15) is 5.82 Å². The third kappa shape index (κ3) is 2.20. The van der Waals surface area contributed by atoms with Crippen molar-refractivity contribution < 1.29 is 0 Å². The van der Waals surface area contributed by atoms with Crippen LogP contribution in [0, 0.1) is 11.3 Å². The Morgan fingerprint density at radius 2 is 1.94 bits per heavy atom. The number of hydrogen-bond donors (Lipinski definition) is 2. The van der Waals surface area contributed by atoms with Crippen molar-refractivity contribution in [1.29, 1.82) is 0 Å². The molecular weight excluding hydrogens is 224 g/mol. The lowest BCUT2D eigenvalue weighted by atomic mass is 9.92. The normalized spacial score (nSPS) is 17.5. The highest BCUT2D eigenvalue weighted by atomic mass is 15.3. The van der Waals surface area contributed by atoms with Gasteiger partial charge in [-0.2, -0.15) is 5.10 Å². The number of nitrogens with two attached hydrogens (primary N) is 1. The van der Waals surface area contributed by atoms with Crippen LogP contribution in [-0.4, -0.2) is 16.3 Å². The number of hydrogen-bond acceptors (Lipinski definition) is 3. The number of nitrogen functional groups attached to an aromatic ring is 1. The Labute approximate surface area is 110 Å². The molecule has 4 heteroatoms. The van der Waals surface area contributed by atoms with Gasteiger partial charge in [-0.15, -0.1) is 0 Å². The predicted molar refractivity (Wildman–Crippen MR) is 76.7 cm³/mol. The van der Waals surface area contributed by atoms with Crippen molar-refractivity contribution in [3.05, 3.63) is 5.69 Å². The van der Waals surface area contributed by atoms with E-state index in [4.69, 9.17) is 5.73 Å². The maximum Gasteiger partial charge on any atom is 0.147 e. The largest absolute Gasteiger partial charge is 0.394 e. The zero-order valence-corrected chi connectivity index (χ0v) is 12.2. The molecule has 1 heterocycles. The number of aromatic nitrogens is 2. The van der Waals surface area contributed by atoms with Crippen LogP contribution in [0.1, 0.15) is 52.1 Å². The second kappa shape index (κ2) is 4.48. The molecule has 1 aromatic rings. The van der Waals surface area contributed by atoms with E-state index in [1.807, 2.05) is 11.7 Å². The van der Waals surface area contributed by atoms with Gasteiger partial charge in [-0.1, -0.05) is 27.7 Å². The fourth-order valence-electron chi connectivity index (χ4n) is 2.58. The number of rotatable bonds is 5. The van der Waals surface area contributed by atoms with Gasteiger partial charge in [0, 0.05) is 13.6 Å². The van der Waals surface area contributed by atoms with Crippen molar-refractivity contribution in [2.24, 2.45) is 18.4 Å². The van der Waals surface area contributed by atoms with Crippen molar-refractivity contribution in [3.63, 3.8) is 0 Å². The SMILES string of the molecule is CC(C)c1nn(C)c(NCC2(C(C)C)CC2)c1N. The molecule has 0 radical (unpaired) electrons. The van der Waals surface area contributed by atoms with Gasteiger partial charge >= 0.3 is 0 Å². The first-order valence-corrected chi connectivity index (χ1v) is 6.93. The molecule has 0 bridgehead atoms. The van der Waals surface area contributed by atoms with Crippen LogP contribution in [0.25, 0.3) is 0 Å². The maximum absolute atomic E-state index is 6.19. The van der Waals surface area contributed by atoms with Crippen LogP contribution >= 0.6 is 0 Å². The highest BCUT2D eigenvalue weighted by molar-refractivity contribution is 5.65. The van der Waals surface area contributed by atoms with E-state index in [-0.39, 0.29) is 0 Å². The summed E-state index contributed by atoms with van der Waals surface area (Å²) in [7, 11) is 1.96. The number of anilines is 2. The van der Waals surface area contributed by atoms with Gasteiger partial charge in [0.2, 0.25) is 0 Å². The second-order valence-electron chi connectivity index (χ2n) is 6.30. The molecule has 18 heavy (non-hydrogen) atoms. The minimum atomic E-state index is 0.367. The minimum absolute atomic E-state index is 0.367. The molecular formula is C14H26N4. The fraction of sp³-hybridized carbons (Fsp3) is 0.786. The predicted octanol–water partition coefficient (Wildman–Crippen LogP) is 2.97. The summed E-state index contributed by atoms with van der Waals surface area (Å²) in [6.45, 7) is 9.87. The van der Waals surface area contributed by atoms with Crippen molar-refractivity contribution >= 4 is 11.5 Å². The van der Waals surface area contributed by atoms with E-state index in [0.29, 0.717) is 11.3 Å². The van der Waals surface area contributed by atoms with Crippen LogP contribution in [-0.2, 0) is 7.05 Å². The highest BCUT2D eigenvalue weighted by Crippen LogP contribution is 2.51. The molecule has 0 unspecified atom stereocenters. The Balaban J connectivity index is 2.10. The Morgan fingerprint density at radius 3 is 2.33 bits per heavy atom. The molecule has 102 valence electrons. The monoisotopic (exact) mass is 250 g/mol. The molecule has 0 aliphatic heterocycles. The molecule has 3 N–H and O–H groups in total. The first-order chi connectivity index (χ1) is 8.37. The number of nitrogens with one attached hydrogen (secondary N) is 1. The first-order valence-electron chi connectivity index (χ1n) is 6.93. The third-order valence-corrected chi connectivity index (χ3v) is 4.38. The average molecular weight is 250 g/mol. The molecule has 0 atom stereocenters. The quantitative estimate of drug-likeness (QED) is 0.844. The Bertz CT molecular complexity index is 427. The summed E-state index contributed by atoms with van der Waals surface area (Å²) in [5.74, 6) is 2.07. The maximum atomic E-state index is 6.19. The second-order valence-corrected chi connectivity index (χ2v) is 6.30. The molecule has 1 aliphatic carbocycles. The van der Waals surface area contributed by atoms with Crippen LogP contribution < -0.4 is 11.1 Å². The summed E-state index contributed by atoms with van der Waals surface area (Å²) in [5, 5.41) is 8.02. The number of aryl methyl sites for hydroxylation is 1. The summed E-state index contributed by atoms with van der Waals surface area (Å²) in [4.78, 5) is 0. The molecule has 4 nitrogen and oxygen atoms in total. The molecule has 0 saturated heterocycles. The van der Waals surface area contributed by atoms with E-state index < -0.39 is 0 Å². The molecule has 1 saturated carbocycles.